The van der Waals surface area contributed by atoms with Crippen LogP contribution in [-0.4, -0.2) is 18.9 Å². The lowest BCUT2D eigenvalue weighted by Crippen LogP contribution is -1.95. The molecule has 0 amide bonds. The van der Waals surface area contributed by atoms with Gasteiger partial charge in [0.15, 0.2) is 23.7 Å². The van der Waals surface area contributed by atoms with E-state index in [-0.39, 0.29) is 12.3 Å². The first-order valence-electron chi connectivity index (χ1n) is 4.66. The largest absolute Gasteiger partial charge is 0.466 e. The minimum atomic E-state index is -1.62. The van der Waals surface area contributed by atoms with Gasteiger partial charge in [-0.15, -0.1) is 0 Å². The first-order chi connectivity index (χ1) is 7.93. The molecule has 0 unspecified atom stereocenters. The standard InChI is InChI=1S/C7H3F3O.C4H8O2/c8-5-2-1-4(3-11)6(9)7(5)10;1-3-6-4(2)5/h1-3H;3H2,1-2H3. The van der Waals surface area contributed by atoms with E-state index in [2.05, 4.69) is 4.74 Å². The van der Waals surface area contributed by atoms with Crippen molar-refractivity contribution in [1.29, 1.82) is 0 Å². The zero-order valence-electron chi connectivity index (χ0n) is 9.30. The van der Waals surface area contributed by atoms with Gasteiger partial charge < -0.3 is 4.74 Å². The Morgan fingerprint density at radius 2 is 1.88 bits per heavy atom. The molecular weight excluding hydrogens is 237 g/mol. The maximum absolute atomic E-state index is 12.4. The van der Waals surface area contributed by atoms with Gasteiger partial charge in [-0.25, -0.2) is 13.2 Å². The summed E-state index contributed by atoms with van der Waals surface area (Å²) in [6, 6.07) is 1.57. The molecule has 0 N–H and O–H groups in total. The lowest BCUT2D eigenvalue weighted by Gasteiger charge is -1.95. The second kappa shape index (κ2) is 7.43. The van der Waals surface area contributed by atoms with Crippen molar-refractivity contribution >= 4 is 12.3 Å². The third kappa shape index (κ3) is 5.14. The van der Waals surface area contributed by atoms with Gasteiger partial charge in [0, 0.05) is 6.92 Å². The molecule has 0 bridgehead atoms. The number of ether oxygens (including phenoxy) is 1. The van der Waals surface area contributed by atoms with Crippen molar-refractivity contribution < 1.29 is 27.5 Å². The van der Waals surface area contributed by atoms with Gasteiger partial charge in [-0.2, -0.15) is 0 Å². The number of esters is 1. The number of carbonyl (C=O) groups is 2. The van der Waals surface area contributed by atoms with Crippen LogP contribution in [0.25, 0.3) is 0 Å². The van der Waals surface area contributed by atoms with Crippen molar-refractivity contribution in [2.24, 2.45) is 0 Å². The topological polar surface area (TPSA) is 43.4 Å². The number of aldehydes is 1. The molecule has 94 valence electrons. The van der Waals surface area contributed by atoms with E-state index < -0.39 is 23.0 Å². The maximum atomic E-state index is 12.4. The van der Waals surface area contributed by atoms with Crippen molar-refractivity contribution in [2.45, 2.75) is 13.8 Å². The summed E-state index contributed by atoms with van der Waals surface area (Å²) in [7, 11) is 0. The minimum absolute atomic E-state index is 0.123. The molecule has 1 aromatic carbocycles. The van der Waals surface area contributed by atoms with Crippen LogP contribution >= 0.6 is 0 Å². The molecular formula is C11H11F3O3. The average molecular weight is 248 g/mol. The Hall–Kier alpha value is -1.85. The van der Waals surface area contributed by atoms with Crippen molar-refractivity contribution in [3.8, 4) is 0 Å². The van der Waals surface area contributed by atoms with Crippen molar-refractivity contribution in [3.05, 3.63) is 35.1 Å². The van der Waals surface area contributed by atoms with Crippen LogP contribution in [0.4, 0.5) is 13.2 Å². The molecule has 0 saturated heterocycles. The Kier molecular flexibility index (Phi) is 6.62. The Morgan fingerprint density at radius 1 is 1.29 bits per heavy atom. The summed E-state index contributed by atoms with van der Waals surface area (Å²) < 4.78 is 41.3. The highest BCUT2D eigenvalue weighted by Gasteiger charge is 2.11. The molecule has 0 heterocycles. The summed E-state index contributed by atoms with van der Waals surface area (Å²) in [6.07, 6.45) is 0.123. The van der Waals surface area contributed by atoms with Gasteiger partial charge in [0.05, 0.1) is 12.2 Å². The SMILES string of the molecule is CCOC(C)=O.O=Cc1ccc(F)c(F)c1F. The van der Waals surface area contributed by atoms with Gasteiger partial charge in [0.25, 0.3) is 0 Å². The number of halogens is 3. The molecule has 6 heteroatoms. The van der Waals surface area contributed by atoms with Crippen LogP contribution in [-0.2, 0) is 9.53 Å². The van der Waals surface area contributed by atoms with E-state index in [1.807, 2.05) is 0 Å². The number of hydrogen-bond donors (Lipinski definition) is 0. The number of benzene rings is 1. The Labute approximate surface area is 96.2 Å². The molecule has 0 aliphatic rings. The van der Waals surface area contributed by atoms with E-state index in [1.54, 1.807) is 6.92 Å². The van der Waals surface area contributed by atoms with Gasteiger partial charge in [0.1, 0.15) is 0 Å². The summed E-state index contributed by atoms with van der Waals surface area (Å²) in [6.45, 7) is 3.65. The van der Waals surface area contributed by atoms with Gasteiger partial charge in [-0.05, 0) is 19.1 Å². The molecule has 0 saturated carbocycles. The van der Waals surface area contributed by atoms with Crippen LogP contribution in [0.1, 0.15) is 24.2 Å². The highest BCUT2D eigenvalue weighted by Crippen LogP contribution is 2.12. The average Bonchev–Trinajstić information content (AvgIpc) is 2.27. The number of hydrogen-bond acceptors (Lipinski definition) is 3. The summed E-state index contributed by atoms with van der Waals surface area (Å²) in [5.41, 5.74) is -0.482. The monoisotopic (exact) mass is 248 g/mol. The van der Waals surface area contributed by atoms with Crippen molar-refractivity contribution in [1.82, 2.24) is 0 Å². The highest BCUT2D eigenvalue weighted by atomic mass is 19.2. The van der Waals surface area contributed by atoms with Gasteiger partial charge >= 0.3 is 5.97 Å². The molecule has 17 heavy (non-hydrogen) atoms. The molecule has 1 rings (SSSR count). The third-order valence-electron chi connectivity index (χ3n) is 1.54. The van der Waals surface area contributed by atoms with E-state index in [0.717, 1.165) is 6.07 Å². The molecule has 0 spiro atoms. The Morgan fingerprint density at radius 3 is 2.24 bits per heavy atom. The van der Waals surface area contributed by atoms with E-state index in [4.69, 9.17) is 0 Å². The first-order valence-corrected chi connectivity index (χ1v) is 4.66. The zero-order valence-corrected chi connectivity index (χ0v) is 9.30. The highest BCUT2D eigenvalue weighted by molar-refractivity contribution is 5.75. The summed E-state index contributed by atoms with van der Waals surface area (Å²) in [5, 5.41) is 0. The molecule has 1 aromatic rings. The van der Waals surface area contributed by atoms with Crippen LogP contribution in [0.15, 0.2) is 12.1 Å². The predicted octanol–water partition coefficient (Wildman–Crippen LogP) is 2.49. The first kappa shape index (κ1) is 15.2. The summed E-state index contributed by atoms with van der Waals surface area (Å²) in [4.78, 5) is 19.8. The molecule has 0 fully saturated rings. The van der Waals surface area contributed by atoms with E-state index >= 15 is 0 Å². The fraction of sp³-hybridized carbons (Fsp3) is 0.273. The Bertz CT molecular complexity index is 405. The molecule has 0 radical (unpaired) electrons. The second-order valence-electron chi connectivity index (χ2n) is 2.81. The lowest BCUT2D eigenvalue weighted by atomic mass is 10.2. The Balaban J connectivity index is 0.000000366. The second-order valence-corrected chi connectivity index (χ2v) is 2.81. The van der Waals surface area contributed by atoms with Crippen LogP contribution in [0.3, 0.4) is 0 Å². The normalized spacial score (nSPS) is 9.00. The molecule has 0 aliphatic carbocycles. The molecule has 3 nitrogen and oxygen atoms in total. The lowest BCUT2D eigenvalue weighted by molar-refractivity contribution is -0.140. The quantitative estimate of drug-likeness (QED) is 0.459. The molecule has 0 atom stereocenters. The molecule has 0 aliphatic heterocycles. The number of carbonyl (C=O) groups excluding carboxylic acids is 2. The fourth-order valence-electron chi connectivity index (χ4n) is 0.835. The van der Waals surface area contributed by atoms with Crippen LogP contribution < -0.4 is 0 Å². The van der Waals surface area contributed by atoms with Crippen molar-refractivity contribution in [2.75, 3.05) is 6.61 Å². The van der Waals surface area contributed by atoms with Crippen LogP contribution in [0.5, 0.6) is 0 Å². The third-order valence-corrected chi connectivity index (χ3v) is 1.54. The minimum Gasteiger partial charge on any atom is -0.466 e. The zero-order chi connectivity index (χ0) is 13.4. The van der Waals surface area contributed by atoms with Crippen molar-refractivity contribution in [3.63, 3.8) is 0 Å². The van der Waals surface area contributed by atoms with Gasteiger partial charge in [-0.1, -0.05) is 0 Å². The number of rotatable bonds is 2. The van der Waals surface area contributed by atoms with Gasteiger partial charge in [0.2, 0.25) is 0 Å². The fourth-order valence-corrected chi connectivity index (χ4v) is 0.835. The smallest absolute Gasteiger partial charge is 0.302 e. The van der Waals surface area contributed by atoms with E-state index in [0.29, 0.717) is 12.7 Å². The summed E-state index contributed by atoms with van der Waals surface area (Å²) in [5.74, 6) is -4.57. The van der Waals surface area contributed by atoms with Gasteiger partial charge in [-0.3, -0.25) is 9.59 Å². The van der Waals surface area contributed by atoms with Crippen LogP contribution in [0, 0.1) is 17.5 Å². The summed E-state index contributed by atoms with van der Waals surface area (Å²) >= 11 is 0. The van der Waals surface area contributed by atoms with E-state index in [9.17, 15) is 22.8 Å². The predicted molar refractivity (Wildman–Crippen MR) is 54.0 cm³/mol. The van der Waals surface area contributed by atoms with Crippen LogP contribution in [0.2, 0.25) is 0 Å². The molecule has 0 aromatic heterocycles. The maximum Gasteiger partial charge on any atom is 0.302 e. The van der Waals surface area contributed by atoms with E-state index in [1.165, 1.54) is 6.92 Å².